The lowest BCUT2D eigenvalue weighted by Gasteiger charge is -2.23. The van der Waals surface area contributed by atoms with E-state index in [4.69, 9.17) is 16.9 Å². The molecule has 0 heterocycles. The number of sulfonamides is 1. The number of nitrogens with zero attached hydrogens (tertiary/aromatic N) is 2. The summed E-state index contributed by atoms with van der Waals surface area (Å²) in [5.41, 5.74) is 1.16. The van der Waals surface area contributed by atoms with E-state index in [0.717, 1.165) is 16.6 Å². The third kappa shape index (κ3) is 3.75. The van der Waals surface area contributed by atoms with Gasteiger partial charge in [-0.1, -0.05) is 23.7 Å². The Bertz CT molecular complexity index is 847. The fraction of sp³-hybridized carbons (Fsp3) is 0.133. The first kappa shape index (κ1) is 16.3. The molecule has 0 unspecified atom stereocenters. The second-order valence-corrected chi connectivity index (χ2v) is 6.98. The van der Waals surface area contributed by atoms with Crippen molar-refractivity contribution in [3.05, 3.63) is 64.4 Å². The molecule has 0 N–H and O–H groups in total. The van der Waals surface area contributed by atoms with Crippen molar-refractivity contribution in [2.24, 2.45) is 0 Å². The van der Waals surface area contributed by atoms with Crippen LogP contribution in [0.1, 0.15) is 11.1 Å². The van der Waals surface area contributed by atoms with E-state index in [9.17, 15) is 12.8 Å². The van der Waals surface area contributed by atoms with Gasteiger partial charge in [0.25, 0.3) is 0 Å². The van der Waals surface area contributed by atoms with Gasteiger partial charge in [-0.15, -0.1) is 0 Å². The van der Waals surface area contributed by atoms with Crippen molar-refractivity contribution in [2.75, 3.05) is 10.6 Å². The zero-order valence-corrected chi connectivity index (χ0v) is 13.2. The standard InChI is InChI=1S/C15H12ClFN2O2S/c1-22(20,21)19(14-4-2-3-11(7-14)9-18)10-12-5-6-13(17)8-15(12)16/h2-8H,10H2,1H3. The van der Waals surface area contributed by atoms with E-state index < -0.39 is 15.8 Å². The second kappa shape index (κ2) is 6.34. The van der Waals surface area contributed by atoms with Gasteiger partial charge in [0, 0.05) is 5.02 Å². The first-order chi connectivity index (χ1) is 10.3. The second-order valence-electron chi connectivity index (χ2n) is 4.67. The highest BCUT2D eigenvalue weighted by Gasteiger charge is 2.19. The van der Waals surface area contributed by atoms with Crippen LogP contribution in [-0.2, 0) is 16.6 Å². The fourth-order valence-electron chi connectivity index (χ4n) is 1.94. The molecular weight excluding hydrogens is 327 g/mol. The molecule has 4 nitrogen and oxygen atoms in total. The Kier molecular flexibility index (Phi) is 4.69. The minimum absolute atomic E-state index is 0.0488. The van der Waals surface area contributed by atoms with E-state index in [1.165, 1.54) is 18.2 Å². The van der Waals surface area contributed by atoms with Gasteiger partial charge in [-0.3, -0.25) is 4.31 Å². The maximum absolute atomic E-state index is 13.1. The number of nitriles is 1. The summed E-state index contributed by atoms with van der Waals surface area (Å²) in [7, 11) is -3.60. The van der Waals surface area contributed by atoms with Crippen LogP contribution in [0.3, 0.4) is 0 Å². The first-order valence-corrected chi connectivity index (χ1v) is 8.45. The van der Waals surface area contributed by atoms with Crippen LogP contribution >= 0.6 is 11.6 Å². The Morgan fingerprint density at radius 1 is 1.27 bits per heavy atom. The summed E-state index contributed by atoms with van der Waals surface area (Å²) < 4.78 is 38.3. The molecule has 0 amide bonds. The molecule has 0 aliphatic rings. The Balaban J connectivity index is 2.46. The SMILES string of the molecule is CS(=O)(=O)N(Cc1ccc(F)cc1Cl)c1cccc(C#N)c1. The third-order valence-electron chi connectivity index (χ3n) is 2.99. The number of rotatable bonds is 4. The van der Waals surface area contributed by atoms with Crippen molar-refractivity contribution in [3.63, 3.8) is 0 Å². The molecule has 0 spiro atoms. The summed E-state index contributed by atoms with van der Waals surface area (Å²) >= 11 is 5.96. The molecule has 7 heteroatoms. The highest BCUT2D eigenvalue weighted by molar-refractivity contribution is 7.92. The molecule has 0 aliphatic heterocycles. The lowest BCUT2D eigenvalue weighted by molar-refractivity contribution is 0.596. The Morgan fingerprint density at radius 2 is 2.00 bits per heavy atom. The van der Waals surface area contributed by atoms with E-state index in [0.29, 0.717) is 16.8 Å². The number of benzene rings is 2. The zero-order chi connectivity index (χ0) is 16.3. The largest absolute Gasteiger partial charge is 0.266 e. The van der Waals surface area contributed by atoms with Crippen LogP contribution in [0.25, 0.3) is 0 Å². The average molecular weight is 339 g/mol. The summed E-state index contributed by atoms with van der Waals surface area (Å²) in [5.74, 6) is -0.494. The van der Waals surface area contributed by atoms with E-state index in [2.05, 4.69) is 0 Å². The molecule has 0 radical (unpaired) electrons. The highest BCUT2D eigenvalue weighted by atomic mass is 35.5. The van der Waals surface area contributed by atoms with Crippen LogP contribution in [0, 0.1) is 17.1 Å². The number of halogens is 2. The van der Waals surface area contributed by atoms with Gasteiger partial charge < -0.3 is 0 Å². The van der Waals surface area contributed by atoms with E-state index >= 15 is 0 Å². The van der Waals surface area contributed by atoms with Crippen molar-refractivity contribution in [1.82, 2.24) is 0 Å². The van der Waals surface area contributed by atoms with Gasteiger partial charge in [-0.2, -0.15) is 5.26 Å². The molecule has 0 atom stereocenters. The molecule has 0 bridgehead atoms. The summed E-state index contributed by atoms with van der Waals surface area (Å²) in [5, 5.41) is 9.07. The molecule has 0 saturated heterocycles. The minimum Gasteiger partial charge on any atom is -0.266 e. The lowest BCUT2D eigenvalue weighted by atomic mass is 10.2. The molecule has 2 rings (SSSR count). The van der Waals surface area contributed by atoms with Gasteiger partial charge in [0.15, 0.2) is 0 Å². The molecule has 0 aliphatic carbocycles. The van der Waals surface area contributed by atoms with Crippen LogP contribution in [0.4, 0.5) is 10.1 Å². The van der Waals surface area contributed by atoms with Crippen molar-refractivity contribution in [3.8, 4) is 6.07 Å². The zero-order valence-electron chi connectivity index (χ0n) is 11.6. The normalized spacial score (nSPS) is 11.0. The smallest absolute Gasteiger partial charge is 0.232 e. The Labute approximate surface area is 133 Å². The van der Waals surface area contributed by atoms with Gasteiger partial charge in [-0.25, -0.2) is 12.8 Å². The highest BCUT2D eigenvalue weighted by Crippen LogP contribution is 2.25. The molecule has 114 valence electrons. The van der Waals surface area contributed by atoms with Crippen molar-refractivity contribution in [1.29, 1.82) is 5.26 Å². The van der Waals surface area contributed by atoms with Crippen molar-refractivity contribution >= 4 is 27.3 Å². The molecular formula is C15H12ClFN2O2S. The average Bonchev–Trinajstić information content (AvgIpc) is 2.45. The van der Waals surface area contributed by atoms with E-state index in [1.807, 2.05) is 6.07 Å². The Hall–Kier alpha value is -2.10. The molecule has 2 aromatic carbocycles. The predicted molar refractivity (Wildman–Crippen MR) is 83.6 cm³/mol. The van der Waals surface area contributed by atoms with Gasteiger partial charge in [-0.05, 0) is 35.9 Å². The van der Waals surface area contributed by atoms with Crippen LogP contribution in [0.2, 0.25) is 5.02 Å². The van der Waals surface area contributed by atoms with Gasteiger partial charge in [0.2, 0.25) is 10.0 Å². The van der Waals surface area contributed by atoms with Crippen LogP contribution in [0.15, 0.2) is 42.5 Å². The molecule has 22 heavy (non-hydrogen) atoms. The summed E-state index contributed by atoms with van der Waals surface area (Å²) in [6, 6.07) is 12.0. The Morgan fingerprint density at radius 3 is 2.59 bits per heavy atom. The maximum atomic E-state index is 13.1. The maximum Gasteiger partial charge on any atom is 0.232 e. The summed E-state index contributed by atoms with van der Waals surface area (Å²) in [6.07, 6.45) is 1.06. The third-order valence-corrected chi connectivity index (χ3v) is 4.49. The van der Waals surface area contributed by atoms with Crippen molar-refractivity contribution in [2.45, 2.75) is 6.54 Å². The molecule has 0 aromatic heterocycles. The van der Waals surface area contributed by atoms with E-state index in [-0.39, 0.29) is 11.6 Å². The van der Waals surface area contributed by atoms with Crippen molar-refractivity contribution < 1.29 is 12.8 Å². The van der Waals surface area contributed by atoms with E-state index in [1.54, 1.807) is 18.2 Å². The van der Waals surface area contributed by atoms with Gasteiger partial charge in [0.1, 0.15) is 5.82 Å². The minimum atomic E-state index is -3.60. The topological polar surface area (TPSA) is 61.2 Å². The molecule has 0 saturated carbocycles. The van der Waals surface area contributed by atoms with Gasteiger partial charge >= 0.3 is 0 Å². The number of hydrogen-bond donors (Lipinski definition) is 0. The summed E-state index contributed by atoms with van der Waals surface area (Å²) in [6.45, 7) is -0.0488. The quantitative estimate of drug-likeness (QED) is 0.859. The monoisotopic (exact) mass is 338 g/mol. The lowest BCUT2D eigenvalue weighted by Crippen LogP contribution is -2.29. The van der Waals surface area contributed by atoms with Crippen LogP contribution in [-0.4, -0.2) is 14.7 Å². The van der Waals surface area contributed by atoms with Crippen LogP contribution < -0.4 is 4.31 Å². The molecule has 2 aromatic rings. The molecule has 0 fully saturated rings. The van der Waals surface area contributed by atoms with Gasteiger partial charge in [0.05, 0.1) is 30.1 Å². The summed E-state index contributed by atoms with van der Waals surface area (Å²) in [4.78, 5) is 0. The number of anilines is 1. The first-order valence-electron chi connectivity index (χ1n) is 6.23. The van der Waals surface area contributed by atoms with Crippen LogP contribution in [0.5, 0.6) is 0 Å². The predicted octanol–water partition coefficient (Wildman–Crippen LogP) is 3.32. The number of hydrogen-bond acceptors (Lipinski definition) is 3. The fourth-order valence-corrected chi connectivity index (χ4v) is 3.03.